The molecule has 2 aliphatic heterocycles. The first-order valence-electron chi connectivity index (χ1n) is 9.36. The van der Waals surface area contributed by atoms with Crippen LogP contribution in [0.15, 0.2) is 0 Å². The third-order valence-corrected chi connectivity index (χ3v) is 4.76. The second kappa shape index (κ2) is 8.58. The SMILES string of the molecule is CC(C)(C)OC(=O)N1CCCC1C(=O)N1CCC(C(=O)NCC(=O)O)CC1. The molecule has 2 rings (SSSR count). The van der Waals surface area contributed by atoms with Gasteiger partial charge in [0.15, 0.2) is 0 Å². The van der Waals surface area contributed by atoms with Crippen LogP contribution in [-0.2, 0) is 19.1 Å². The highest BCUT2D eigenvalue weighted by Gasteiger charge is 2.39. The van der Waals surface area contributed by atoms with Gasteiger partial charge in [0.2, 0.25) is 11.8 Å². The summed E-state index contributed by atoms with van der Waals surface area (Å²) in [6.07, 6.45) is 1.86. The predicted octanol–water partition coefficient (Wildman–Crippen LogP) is 0.825. The van der Waals surface area contributed by atoms with E-state index in [9.17, 15) is 19.2 Å². The van der Waals surface area contributed by atoms with Crippen molar-refractivity contribution in [2.24, 2.45) is 5.92 Å². The number of carboxylic acid groups (broad SMARTS) is 1. The lowest BCUT2D eigenvalue weighted by atomic mass is 9.95. The van der Waals surface area contributed by atoms with Crippen LogP contribution < -0.4 is 5.32 Å². The van der Waals surface area contributed by atoms with Crippen molar-refractivity contribution in [3.63, 3.8) is 0 Å². The lowest BCUT2D eigenvalue weighted by Gasteiger charge is -2.35. The van der Waals surface area contributed by atoms with Crippen LogP contribution in [0.25, 0.3) is 0 Å². The molecule has 1 atom stereocenters. The lowest BCUT2D eigenvalue weighted by Crippen LogP contribution is -2.51. The van der Waals surface area contributed by atoms with Gasteiger partial charge in [0.05, 0.1) is 0 Å². The fraction of sp³-hybridized carbons (Fsp3) is 0.778. The Morgan fingerprint density at radius 2 is 1.70 bits per heavy atom. The Morgan fingerprint density at radius 3 is 2.26 bits per heavy atom. The fourth-order valence-corrected chi connectivity index (χ4v) is 3.44. The molecule has 27 heavy (non-hydrogen) atoms. The van der Waals surface area contributed by atoms with Crippen molar-refractivity contribution >= 4 is 23.9 Å². The number of hydrogen-bond acceptors (Lipinski definition) is 5. The van der Waals surface area contributed by atoms with Crippen molar-refractivity contribution in [3.8, 4) is 0 Å². The predicted molar refractivity (Wildman–Crippen MR) is 95.9 cm³/mol. The van der Waals surface area contributed by atoms with Crippen LogP contribution in [0.3, 0.4) is 0 Å². The zero-order valence-corrected chi connectivity index (χ0v) is 16.2. The van der Waals surface area contributed by atoms with Crippen LogP contribution in [-0.4, -0.2) is 76.6 Å². The smallest absolute Gasteiger partial charge is 0.410 e. The normalized spacial score (nSPS) is 21.1. The summed E-state index contributed by atoms with van der Waals surface area (Å²) in [4.78, 5) is 50.9. The molecule has 0 aromatic heterocycles. The van der Waals surface area contributed by atoms with Gasteiger partial charge in [0.25, 0.3) is 0 Å². The molecule has 3 amide bonds. The van der Waals surface area contributed by atoms with Gasteiger partial charge in [-0.3, -0.25) is 19.3 Å². The first-order valence-corrected chi connectivity index (χ1v) is 9.36. The number of carbonyl (C=O) groups excluding carboxylic acids is 3. The quantitative estimate of drug-likeness (QED) is 0.743. The lowest BCUT2D eigenvalue weighted by molar-refractivity contribution is -0.140. The molecular weight excluding hydrogens is 354 g/mol. The highest BCUT2D eigenvalue weighted by Crippen LogP contribution is 2.25. The Balaban J connectivity index is 1.88. The van der Waals surface area contributed by atoms with Crippen LogP contribution >= 0.6 is 0 Å². The summed E-state index contributed by atoms with van der Waals surface area (Å²) >= 11 is 0. The number of amides is 3. The fourth-order valence-electron chi connectivity index (χ4n) is 3.44. The molecule has 0 aliphatic carbocycles. The summed E-state index contributed by atoms with van der Waals surface area (Å²) in [5, 5.41) is 11.0. The standard InChI is InChI=1S/C18H29N3O6/c1-18(2,3)27-17(26)21-8-4-5-13(21)16(25)20-9-6-12(7-10-20)15(24)19-11-14(22)23/h12-13H,4-11H2,1-3H3,(H,19,24)(H,22,23). The molecule has 152 valence electrons. The van der Waals surface area contributed by atoms with Crippen LogP contribution in [0.5, 0.6) is 0 Å². The van der Waals surface area contributed by atoms with E-state index in [0.717, 1.165) is 6.42 Å². The maximum absolute atomic E-state index is 12.9. The van der Waals surface area contributed by atoms with Gasteiger partial charge in [0, 0.05) is 25.6 Å². The maximum Gasteiger partial charge on any atom is 0.410 e. The topological polar surface area (TPSA) is 116 Å². The van der Waals surface area contributed by atoms with Crippen molar-refractivity contribution < 1.29 is 29.0 Å². The number of aliphatic carboxylic acids is 1. The molecule has 0 bridgehead atoms. The molecule has 2 heterocycles. The molecule has 0 saturated carbocycles. The van der Waals surface area contributed by atoms with Crippen molar-refractivity contribution in [2.75, 3.05) is 26.2 Å². The molecule has 2 saturated heterocycles. The number of nitrogens with one attached hydrogen (secondary N) is 1. The minimum atomic E-state index is -1.08. The number of ether oxygens (including phenoxy) is 1. The highest BCUT2D eigenvalue weighted by molar-refractivity contribution is 5.87. The molecule has 2 N–H and O–H groups in total. The largest absolute Gasteiger partial charge is 0.480 e. The van der Waals surface area contributed by atoms with Gasteiger partial charge < -0.3 is 20.1 Å². The number of likely N-dealkylation sites (tertiary alicyclic amines) is 2. The average molecular weight is 383 g/mol. The Morgan fingerprint density at radius 1 is 1.07 bits per heavy atom. The summed E-state index contributed by atoms with van der Waals surface area (Å²) in [6.45, 7) is 6.31. The van der Waals surface area contributed by atoms with Gasteiger partial charge in [-0.1, -0.05) is 0 Å². The Hall–Kier alpha value is -2.32. The van der Waals surface area contributed by atoms with Gasteiger partial charge in [-0.15, -0.1) is 0 Å². The summed E-state index contributed by atoms with van der Waals surface area (Å²) in [7, 11) is 0. The number of nitrogens with zero attached hydrogens (tertiary/aromatic N) is 2. The molecule has 9 heteroatoms. The minimum absolute atomic E-state index is 0.109. The van der Waals surface area contributed by atoms with E-state index in [4.69, 9.17) is 9.84 Å². The third kappa shape index (κ3) is 5.83. The Bertz CT molecular complexity index is 592. The molecule has 9 nitrogen and oxygen atoms in total. The van der Waals surface area contributed by atoms with Gasteiger partial charge in [-0.2, -0.15) is 0 Å². The zero-order valence-electron chi connectivity index (χ0n) is 16.2. The minimum Gasteiger partial charge on any atom is -0.480 e. The highest BCUT2D eigenvalue weighted by atomic mass is 16.6. The molecule has 0 spiro atoms. The maximum atomic E-state index is 12.9. The van der Waals surface area contributed by atoms with Gasteiger partial charge in [0.1, 0.15) is 18.2 Å². The first-order chi connectivity index (χ1) is 12.6. The molecule has 1 unspecified atom stereocenters. The van der Waals surface area contributed by atoms with Gasteiger partial charge in [-0.05, 0) is 46.5 Å². The van der Waals surface area contributed by atoms with Crippen LogP contribution in [0.1, 0.15) is 46.5 Å². The third-order valence-electron chi connectivity index (χ3n) is 4.76. The summed E-state index contributed by atoms with van der Waals surface area (Å²) in [5.74, 6) is -1.78. The van der Waals surface area contributed by atoms with E-state index in [1.165, 1.54) is 4.90 Å². The van der Waals surface area contributed by atoms with E-state index in [1.54, 1.807) is 25.7 Å². The number of piperidine rings is 1. The molecule has 2 fully saturated rings. The number of carboxylic acids is 1. The molecule has 0 aromatic rings. The average Bonchev–Trinajstić information content (AvgIpc) is 3.07. The van der Waals surface area contributed by atoms with Crippen molar-refractivity contribution in [1.82, 2.24) is 15.1 Å². The zero-order chi connectivity index (χ0) is 20.2. The molecular formula is C18H29N3O6. The second-order valence-corrected chi connectivity index (χ2v) is 8.04. The number of rotatable bonds is 4. The molecule has 2 aliphatic rings. The summed E-state index contributed by atoms with van der Waals surface area (Å²) < 4.78 is 5.40. The summed E-state index contributed by atoms with van der Waals surface area (Å²) in [6, 6.07) is -0.516. The van der Waals surface area contributed by atoms with E-state index >= 15 is 0 Å². The number of carbonyl (C=O) groups is 4. The van der Waals surface area contributed by atoms with Crippen molar-refractivity contribution in [1.29, 1.82) is 0 Å². The van der Waals surface area contributed by atoms with E-state index < -0.39 is 30.3 Å². The van der Waals surface area contributed by atoms with E-state index in [-0.39, 0.29) is 17.7 Å². The number of hydrogen-bond donors (Lipinski definition) is 2. The molecule has 0 aromatic carbocycles. The van der Waals surface area contributed by atoms with Crippen LogP contribution in [0.2, 0.25) is 0 Å². The van der Waals surface area contributed by atoms with Gasteiger partial charge in [-0.25, -0.2) is 4.79 Å². The van der Waals surface area contributed by atoms with E-state index in [1.807, 2.05) is 0 Å². The summed E-state index contributed by atoms with van der Waals surface area (Å²) in [5.41, 5.74) is -0.616. The first kappa shape index (κ1) is 21.0. The van der Waals surface area contributed by atoms with Crippen molar-refractivity contribution in [2.45, 2.75) is 58.1 Å². The monoisotopic (exact) mass is 383 g/mol. The van der Waals surface area contributed by atoms with Gasteiger partial charge >= 0.3 is 12.1 Å². The van der Waals surface area contributed by atoms with E-state index in [0.29, 0.717) is 38.9 Å². The van der Waals surface area contributed by atoms with Crippen LogP contribution in [0, 0.1) is 5.92 Å². The van der Waals surface area contributed by atoms with E-state index in [2.05, 4.69) is 5.32 Å². The molecule has 0 radical (unpaired) electrons. The second-order valence-electron chi connectivity index (χ2n) is 8.04. The van der Waals surface area contributed by atoms with Crippen LogP contribution in [0.4, 0.5) is 4.79 Å². The Labute approximate surface area is 159 Å². The van der Waals surface area contributed by atoms with Crippen molar-refractivity contribution in [3.05, 3.63) is 0 Å². The Kier molecular flexibility index (Phi) is 6.67.